The van der Waals surface area contributed by atoms with Crippen molar-refractivity contribution in [1.82, 2.24) is 9.97 Å². The van der Waals surface area contributed by atoms with Gasteiger partial charge in [0.15, 0.2) is 0 Å². The fourth-order valence-corrected chi connectivity index (χ4v) is 2.02. The highest BCUT2D eigenvalue weighted by Crippen LogP contribution is 2.23. The van der Waals surface area contributed by atoms with Gasteiger partial charge in [0, 0.05) is 11.8 Å². The number of aryl methyl sites for hydroxylation is 2. The van der Waals surface area contributed by atoms with E-state index in [0.29, 0.717) is 16.4 Å². The molecule has 0 aliphatic heterocycles. The van der Waals surface area contributed by atoms with E-state index < -0.39 is 0 Å². The third-order valence-corrected chi connectivity index (χ3v) is 2.84. The molecule has 0 aliphatic rings. The van der Waals surface area contributed by atoms with Crippen molar-refractivity contribution in [2.45, 2.75) is 13.8 Å². The van der Waals surface area contributed by atoms with Crippen LogP contribution in [-0.2, 0) is 0 Å². The third-order valence-electron chi connectivity index (χ3n) is 2.43. The van der Waals surface area contributed by atoms with Gasteiger partial charge in [-0.2, -0.15) is 4.98 Å². The van der Waals surface area contributed by atoms with Gasteiger partial charge in [-0.1, -0.05) is 18.2 Å². The van der Waals surface area contributed by atoms with E-state index in [1.807, 2.05) is 32.0 Å². The van der Waals surface area contributed by atoms with Crippen molar-refractivity contribution in [2.75, 3.05) is 11.1 Å². The Morgan fingerprint density at radius 1 is 1.18 bits per heavy atom. The largest absolute Gasteiger partial charge is 0.383 e. The molecule has 88 valence electrons. The van der Waals surface area contributed by atoms with Crippen molar-refractivity contribution in [2.24, 2.45) is 0 Å². The Morgan fingerprint density at radius 2 is 1.82 bits per heavy atom. The summed E-state index contributed by atoms with van der Waals surface area (Å²) in [5, 5.41) is 3.19. The predicted octanol–water partition coefficient (Wildman–Crippen LogP) is 3.18. The Bertz CT molecular complexity index is 514. The van der Waals surface area contributed by atoms with Gasteiger partial charge in [-0.15, -0.1) is 0 Å². The zero-order chi connectivity index (χ0) is 12.4. The van der Waals surface area contributed by atoms with Gasteiger partial charge in [-0.05, 0) is 40.9 Å². The van der Waals surface area contributed by atoms with Crippen LogP contribution in [0.5, 0.6) is 0 Å². The normalized spacial score (nSPS) is 10.3. The Labute approximate surface area is 108 Å². The molecule has 0 saturated heterocycles. The highest BCUT2D eigenvalue weighted by molar-refractivity contribution is 9.10. The summed E-state index contributed by atoms with van der Waals surface area (Å²) in [5.74, 6) is 0.926. The molecule has 0 amide bonds. The topological polar surface area (TPSA) is 63.8 Å². The van der Waals surface area contributed by atoms with Gasteiger partial charge in [0.25, 0.3) is 0 Å². The highest BCUT2D eigenvalue weighted by Gasteiger charge is 2.05. The molecule has 4 nitrogen and oxygen atoms in total. The van der Waals surface area contributed by atoms with E-state index in [9.17, 15) is 0 Å². The minimum absolute atomic E-state index is 0.431. The number of nitrogens with two attached hydrogens (primary N) is 1. The number of halogens is 1. The van der Waals surface area contributed by atoms with Crippen molar-refractivity contribution in [3.8, 4) is 0 Å². The first kappa shape index (κ1) is 11.9. The Balaban J connectivity index is 2.38. The SMILES string of the molecule is Cc1cccc(C)c1Nc1nc(N)cc(Br)n1. The molecule has 1 aromatic heterocycles. The van der Waals surface area contributed by atoms with Gasteiger partial charge in [-0.3, -0.25) is 0 Å². The second-order valence-electron chi connectivity index (χ2n) is 3.83. The number of nitrogens with one attached hydrogen (secondary N) is 1. The molecule has 0 atom stereocenters. The first-order valence-corrected chi connectivity index (χ1v) is 5.99. The molecule has 0 radical (unpaired) electrons. The second kappa shape index (κ2) is 4.71. The lowest BCUT2D eigenvalue weighted by atomic mass is 10.1. The third kappa shape index (κ3) is 2.74. The minimum atomic E-state index is 0.431. The van der Waals surface area contributed by atoms with Gasteiger partial charge < -0.3 is 11.1 Å². The number of aromatic nitrogens is 2. The monoisotopic (exact) mass is 292 g/mol. The van der Waals surface area contributed by atoms with E-state index in [4.69, 9.17) is 5.73 Å². The maximum absolute atomic E-state index is 5.67. The summed E-state index contributed by atoms with van der Waals surface area (Å²) < 4.78 is 0.665. The van der Waals surface area contributed by atoms with Crippen molar-refractivity contribution in [3.05, 3.63) is 40.0 Å². The van der Waals surface area contributed by atoms with Crippen LogP contribution in [0.2, 0.25) is 0 Å². The van der Waals surface area contributed by atoms with Crippen LogP contribution in [0.15, 0.2) is 28.9 Å². The number of nitrogen functional groups attached to an aromatic ring is 1. The van der Waals surface area contributed by atoms with E-state index >= 15 is 0 Å². The Hall–Kier alpha value is -1.62. The van der Waals surface area contributed by atoms with Crippen LogP contribution in [0.1, 0.15) is 11.1 Å². The quantitative estimate of drug-likeness (QED) is 0.835. The maximum atomic E-state index is 5.67. The van der Waals surface area contributed by atoms with Crippen LogP contribution >= 0.6 is 15.9 Å². The summed E-state index contributed by atoms with van der Waals surface area (Å²) in [7, 11) is 0. The van der Waals surface area contributed by atoms with E-state index in [2.05, 4.69) is 31.2 Å². The molecule has 2 rings (SSSR count). The standard InChI is InChI=1S/C12H13BrN4/c1-7-4-3-5-8(2)11(7)17-12-15-9(13)6-10(14)16-12/h3-6H,1-2H3,(H3,14,15,16,17). The molecule has 2 aromatic rings. The van der Waals surface area contributed by atoms with Crippen LogP contribution < -0.4 is 11.1 Å². The van der Waals surface area contributed by atoms with Crippen molar-refractivity contribution in [1.29, 1.82) is 0 Å². The summed E-state index contributed by atoms with van der Waals surface area (Å²) >= 11 is 3.29. The van der Waals surface area contributed by atoms with Gasteiger partial charge in [-0.25, -0.2) is 4.98 Å². The van der Waals surface area contributed by atoms with Crippen LogP contribution in [0, 0.1) is 13.8 Å². The van der Waals surface area contributed by atoms with Gasteiger partial charge in [0.1, 0.15) is 10.4 Å². The number of hydrogen-bond donors (Lipinski definition) is 2. The smallest absolute Gasteiger partial charge is 0.230 e. The molecule has 17 heavy (non-hydrogen) atoms. The van der Waals surface area contributed by atoms with Crippen LogP contribution in [0.4, 0.5) is 17.5 Å². The molecule has 0 saturated carbocycles. The molecule has 5 heteroatoms. The number of benzene rings is 1. The average Bonchev–Trinajstić information content (AvgIpc) is 2.22. The molecular formula is C12H13BrN4. The van der Waals surface area contributed by atoms with E-state index in [0.717, 1.165) is 16.8 Å². The molecule has 3 N–H and O–H groups in total. The summed E-state index contributed by atoms with van der Waals surface area (Å²) in [6, 6.07) is 7.76. The fraction of sp³-hybridized carbons (Fsp3) is 0.167. The predicted molar refractivity (Wildman–Crippen MR) is 73.3 cm³/mol. The fourth-order valence-electron chi connectivity index (χ4n) is 1.61. The molecule has 1 heterocycles. The zero-order valence-electron chi connectivity index (χ0n) is 9.66. The number of anilines is 3. The summed E-state index contributed by atoms with van der Waals surface area (Å²) in [5.41, 5.74) is 8.98. The highest BCUT2D eigenvalue weighted by atomic mass is 79.9. The van der Waals surface area contributed by atoms with E-state index in [1.165, 1.54) is 0 Å². The summed E-state index contributed by atoms with van der Waals surface area (Å²) in [6.07, 6.45) is 0. The molecule has 0 unspecified atom stereocenters. The Morgan fingerprint density at radius 3 is 2.41 bits per heavy atom. The lowest BCUT2D eigenvalue weighted by Crippen LogP contribution is -2.02. The Kier molecular flexibility index (Phi) is 3.28. The number of rotatable bonds is 2. The first-order chi connectivity index (χ1) is 8.06. The van der Waals surface area contributed by atoms with E-state index in [-0.39, 0.29) is 0 Å². The second-order valence-corrected chi connectivity index (χ2v) is 4.64. The first-order valence-electron chi connectivity index (χ1n) is 5.19. The zero-order valence-corrected chi connectivity index (χ0v) is 11.2. The van der Waals surface area contributed by atoms with Crippen LogP contribution in [0.3, 0.4) is 0 Å². The molecule has 0 aliphatic carbocycles. The van der Waals surface area contributed by atoms with Gasteiger partial charge >= 0.3 is 0 Å². The molecular weight excluding hydrogens is 280 g/mol. The molecule has 0 spiro atoms. The van der Waals surface area contributed by atoms with Crippen LogP contribution in [0.25, 0.3) is 0 Å². The minimum Gasteiger partial charge on any atom is -0.383 e. The molecule has 0 fully saturated rings. The molecule has 0 bridgehead atoms. The van der Waals surface area contributed by atoms with Crippen LogP contribution in [-0.4, -0.2) is 9.97 Å². The average molecular weight is 293 g/mol. The lowest BCUT2D eigenvalue weighted by molar-refractivity contribution is 1.14. The van der Waals surface area contributed by atoms with Gasteiger partial charge in [0.05, 0.1) is 0 Å². The number of hydrogen-bond acceptors (Lipinski definition) is 4. The van der Waals surface area contributed by atoms with Crippen molar-refractivity contribution < 1.29 is 0 Å². The number of nitrogens with zero attached hydrogens (tertiary/aromatic N) is 2. The maximum Gasteiger partial charge on any atom is 0.230 e. The van der Waals surface area contributed by atoms with Crippen molar-refractivity contribution in [3.63, 3.8) is 0 Å². The lowest BCUT2D eigenvalue weighted by Gasteiger charge is -2.11. The summed E-state index contributed by atoms with van der Waals surface area (Å²) in [4.78, 5) is 8.36. The van der Waals surface area contributed by atoms with Crippen molar-refractivity contribution >= 4 is 33.4 Å². The summed E-state index contributed by atoms with van der Waals surface area (Å²) in [6.45, 7) is 4.08. The van der Waals surface area contributed by atoms with E-state index in [1.54, 1.807) is 6.07 Å². The van der Waals surface area contributed by atoms with Gasteiger partial charge in [0.2, 0.25) is 5.95 Å². The molecule has 1 aromatic carbocycles. The number of para-hydroxylation sites is 1.